The third-order valence-corrected chi connectivity index (χ3v) is 3.37. The Hall–Kier alpha value is -2.47. The van der Waals surface area contributed by atoms with Gasteiger partial charge in [-0.15, -0.1) is 11.3 Å². The quantitative estimate of drug-likeness (QED) is 0.848. The van der Waals surface area contributed by atoms with E-state index < -0.39 is 5.97 Å². The number of aromatic nitrogens is 1. The van der Waals surface area contributed by atoms with E-state index in [4.69, 9.17) is 5.11 Å². The van der Waals surface area contributed by atoms with Gasteiger partial charge in [-0.05, 0) is 36.3 Å². The Bertz CT molecular complexity index is 663. The zero-order valence-electron chi connectivity index (χ0n) is 10.7. The molecule has 0 spiro atoms. The molecule has 6 heteroatoms. The second-order valence-electron chi connectivity index (χ2n) is 4.06. The van der Waals surface area contributed by atoms with E-state index >= 15 is 0 Å². The Morgan fingerprint density at radius 2 is 2.20 bits per heavy atom. The number of carbonyl (C=O) groups is 2. The summed E-state index contributed by atoms with van der Waals surface area (Å²) in [4.78, 5) is 26.8. The summed E-state index contributed by atoms with van der Waals surface area (Å²) in [6, 6.07) is 5.32. The van der Waals surface area contributed by atoms with E-state index in [-0.39, 0.29) is 5.91 Å². The maximum atomic E-state index is 11.9. The number of nitrogens with one attached hydrogen (secondary N) is 1. The van der Waals surface area contributed by atoms with Crippen LogP contribution in [0.25, 0.3) is 6.08 Å². The lowest BCUT2D eigenvalue weighted by Crippen LogP contribution is -2.10. The Kier molecular flexibility index (Phi) is 4.27. The molecule has 0 aliphatic heterocycles. The van der Waals surface area contributed by atoms with Crippen LogP contribution in [-0.2, 0) is 4.79 Å². The van der Waals surface area contributed by atoms with Gasteiger partial charge in [0.1, 0.15) is 4.88 Å². The van der Waals surface area contributed by atoms with Crippen molar-refractivity contribution in [2.24, 2.45) is 0 Å². The number of carboxylic acid groups (broad SMARTS) is 1. The number of hydrogen-bond acceptors (Lipinski definition) is 4. The Morgan fingerprint density at radius 1 is 1.40 bits per heavy atom. The molecule has 1 aromatic heterocycles. The van der Waals surface area contributed by atoms with Crippen LogP contribution in [0.5, 0.6) is 0 Å². The summed E-state index contributed by atoms with van der Waals surface area (Å²) >= 11 is 1.26. The maximum Gasteiger partial charge on any atom is 0.328 e. The van der Waals surface area contributed by atoms with Crippen LogP contribution < -0.4 is 5.32 Å². The van der Waals surface area contributed by atoms with E-state index in [1.54, 1.807) is 17.6 Å². The number of aliphatic carboxylic acids is 1. The van der Waals surface area contributed by atoms with Crippen LogP contribution in [0.15, 0.2) is 36.0 Å². The molecule has 0 aliphatic carbocycles. The van der Waals surface area contributed by atoms with Crippen LogP contribution in [0.3, 0.4) is 0 Å². The molecule has 0 fully saturated rings. The fourth-order valence-electron chi connectivity index (χ4n) is 1.58. The molecule has 102 valence electrons. The van der Waals surface area contributed by atoms with Gasteiger partial charge in [-0.2, -0.15) is 0 Å². The molecule has 0 saturated carbocycles. The monoisotopic (exact) mass is 288 g/mol. The fraction of sp³-hybridized carbons (Fsp3) is 0.0714. The molecule has 20 heavy (non-hydrogen) atoms. The smallest absolute Gasteiger partial charge is 0.328 e. The number of rotatable bonds is 4. The summed E-state index contributed by atoms with van der Waals surface area (Å²) in [6.45, 7) is 1.87. The number of amides is 1. The Labute approximate surface area is 119 Å². The van der Waals surface area contributed by atoms with Crippen molar-refractivity contribution in [3.63, 3.8) is 0 Å². The Morgan fingerprint density at radius 3 is 2.85 bits per heavy atom. The lowest BCUT2D eigenvalue weighted by atomic mass is 10.1. The third-order valence-electron chi connectivity index (χ3n) is 2.60. The van der Waals surface area contributed by atoms with Gasteiger partial charge in [0, 0.05) is 11.8 Å². The zero-order chi connectivity index (χ0) is 14.5. The highest BCUT2D eigenvalue weighted by Gasteiger charge is 2.08. The van der Waals surface area contributed by atoms with Gasteiger partial charge in [-0.25, -0.2) is 4.79 Å². The van der Waals surface area contributed by atoms with Crippen molar-refractivity contribution < 1.29 is 14.7 Å². The minimum Gasteiger partial charge on any atom is -0.478 e. The number of thiazole rings is 1. The first-order valence-corrected chi connectivity index (χ1v) is 6.66. The average molecular weight is 288 g/mol. The second kappa shape index (κ2) is 6.12. The summed E-state index contributed by atoms with van der Waals surface area (Å²) < 4.78 is 0. The largest absolute Gasteiger partial charge is 0.478 e. The SMILES string of the molecule is Cc1ccc(NC(=O)c2cncs2)cc1/C=C/C(=O)O. The van der Waals surface area contributed by atoms with Crippen LogP contribution in [-0.4, -0.2) is 22.0 Å². The van der Waals surface area contributed by atoms with Gasteiger partial charge < -0.3 is 10.4 Å². The van der Waals surface area contributed by atoms with Gasteiger partial charge in [-0.3, -0.25) is 9.78 Å². The van der Waals surface area contributed by atoms with Crippen molar-refractivity contribution >= 4 is 35.0 Å². The number of hydrogen-bond donors (Lipinski definition) is 2. The highest BCUT2D eigenvalue weighted by molar-refractivity contribution is 7.11. The predicted molar refractivity (Wildman–Crippen MR) is 77.9 cm³/mol. The van der Waals surface area contributed by atoms with Crippen LogP contribution in [0, 0.1) is 6.92 Å². The topological polar surface area (TPSA) is 79.3 Å². The van der Waals surface area contributed by atoms with E-state index in [2.05, 4.69) is 10.3 Å². The summed E-state index contributed by atoms with van der Waals surface area (Å²) in [6.07, 6.45) is 4.07. The van der Waals surface area contributed by atoms with Gasteiger partial charge in [0.2, 0.25) is 0 Å². The molecule has 0 atom stereocenters. The number of benzene rings is 1. The van der Waals surface area contributed by atoms with Gasteiger partial charge >= 0.3 is 5.97 Å². The molecule has 1 amide bonds. The van der Waals surface area contributed by atoms with E-state index in [1.807, 2.05) is 13.0 Å². The Balaban J connectivity index is 2.19. The van der Waals surface area contributed by atoms with Crippen LogP contribution in [0.1, 0.15) is 20.8 Å². The van der Waals surface area contributed by atoms with E-state index in [1.165, 1.54) is 23.6 Å². The first-order valence-electron chi connectivity index (χ1n) is 5.78. The molecule has 0 saturated heterocycles. The molecule has 5 nitrogen and oxygen atoms in total. The molecule has 0 bridgehead atoms. The number of anilines is 1. The predicted octanol–water partition coefficient (Wildman–Crippen LogP) is 2.80. The molecule has 2 rings (SSSR count). The van der Waals surface area contributed by atoms with Crippen LogP contribution in [0.2, 0.25) is 0 Å². The zero-order valence-corrected chi connectivity index (χ0v) is 11.5. The summed E-state index contributed by atoms with van der Waals surface area (Å²) in [5, 5.41) is 11.4. The first-order chi connectivity index (χ1) is 9.56. The lowest BCUT2D eigenvalue weighted by Gasteiger charge is -2.06. The number of nitrogens with zero attached hydrogens (tertiary/aromatic N) is 1. The van der Waals surface area contributed by atoms with Crippen molar-refractivity contribution in [1.29, 1.82) is 0 Å². The van der Waals surface area contributed by atoms with Crippen LogP contribution in [0.4, 0.5) is 5.69 Å². The first kappa shape index (κ1) is 14.0. The van der Waals surface area contributed by atoms with Crippen molar-refractivity contribution in [2.75, 3.05) is 5.32 Å². The normalized spacial score (nSPS) is 10.7. The van der Waals surface area contributed by atoms with Gasteiger partial charge in [0.05, 0.1) is 11.7 Å². The van der Waals surface area contributed by atoms with E-state index in [0.717, 1.165) is 17.2 Å². The number of carbonyl (C=O) groups excluding carboxylic acids is 1. The molecular formula is C14H12N2O3S. The van der Waals surface area contributed by atoms with E-state index in [9.17, 15) is 9.59 Å². The molecular weight excluding hydrogens is 276 g/mol. The van der Waals surface area contributed by atoms with Crippen molar-refractivity contribution in [3.8, 4) is 0 Å². The standard InChI is InChI=1S/C14H12N2O3S/c1-9-2-4-11(6-10(9)3-5-13(17)18)16-14(19)12-7-15-8-20-12/h2-8H,1H3,(H,16,19)(H,17,18)/b5-3+. The fourth-order valence-corrected chi connectivity index (χ4v) is 2.09. The third kappa shape index (κ3) is 3.52. The van der Waals surface area contributed by atoms with Crippen LogP contribution >= 0.6 is 11.3 Å². The molecule has 0 radical (unpaired) electrons. The van der Waals surface area contributed by atoms with Gasteiger partial charge in [0.15, 0.2) is 0 Å². The lowest BCUT2D eigenvalue weighted by molar-refractivity contribution is -0.131. The minimum absolute atomic E-state index is 0.232. The molecule has 1 heterocycles. The maximum absolute atomic E-state index is 11.9. The van der Waals surface area contributed by atoms with Gasteiger partial charge in [-0.1, -0.05) is 6.07 Å². The minimum atomic E-state index is -1.01. The van der Waals surface area contributed by atoms with Crippen molar-refractivity contribution in [3.05, 3.63) is 52.0 Å². The number of aryl methyl sites for hydroxylation is 1. The van der Waals surface area contributed by atoms with Crippen molar-refractivity contribution in [2.45, 2.75) is 6.92 Å². The number of carboxylic acids is 1. The summed E-state index contributed by atoms with van der Waals surface area (Å²) in [7, 11) is 0. The molecule has 1 aromatic carbocycles. The molecule has 2 aromatic rings. The second-order valence-corrected chi connectivity index (χ2v) is 4.95. The van der Waals surface area contributed by atoms with Crippen molar-refractivity contribution in [1.82, 2.24) is 4.98 Å². The summed E-state index contributed by atoms with van der Waals surface area (Å²) in [5.41, 5.74) is 3.87. The molecule has 0 unspecified atom stereocenters. The van der Waals surface area contributed by atoms with Gasteiger partial charge in [0.25, 0.3) is 5.91 Å². The summed E-state index contributed by atoms with van der Waals surface area (Å²) in [5.74, 6) is -1.24. The average Bonchev–Trinajstić information content (AvgIpc) is 2.93. The highest BCUT2D eigenvalue weighted by Crippen LogP contribution is 2.18. The molecule has 0 aliphatic rings. The molecule has 2 N–H and O–H groups in total. The highest BCUT2D eigenvalue weighted by atomic mass is 32.1. The van der Waals surface area contributed by atoms with E-state index in [0.29, 0.717) is 10.6 Å².